The highest BCUT2D eigenvalue weighted by molar-refractivity contribution is 5.97. The molecule has 1 N–H and O–H groups in total. The highest BCUT2D eigenvalue weighted by Crippen LogP contribution is 2.24. The first-order valence-electron chi connectivity index (χ1n) is 8.15. The third kappa shape index (κ3) is 5.02. The maximum Gasteiger partial charge on any atom is 0.256 e. The van der Waals surface area contributed by atoms with Gasteiger partial charge in [-0.1, -0.05) is 20.3 Å². The van der Waals surface area contributed by atoms with Crippen molar-refractivity contribution in [1.29, 1.82) is 0 Å². The van der Waals surface area contributed by atoms with Crippen molar-refractivity contribution in [2.24, 2.45) is 0 Å². The molecule has 0 fully saturated rings. The van der Waals surface area contributed by atoms with Crippen molar-refractivity contribution in [3.63, 3.8) is 0 Å². The summed E-state index contributed by atoms with van der Waals surface area (Å²) in [6, 6.07) is 5.71. The lowest BCUT2D eigenvalue weighted by Gasteiger charge is -2.26. The molecule has 1 amide bonds. The topological polar surface area (TPSA) is 47.6 Å². The summed E-state index contributed by atoms with van der Waals surface area (Å²) in [5, 5.41) is 2.93. The predicted octanol–water partition coefficient (Wildman–Crippen LogP) is 4.32. The zero-order valence-corrected chi connectivity index (χ0v) is 14.5. The molecule has 0 aliphatic carbocycles. The molecule has 22 heavy (non-hydrogen) atoms. The molecular formula is C18H29NO3. The maximum atomic E-state index is 12.4. The van der Waals surface area contributed by atoms with E-state index >= 15 is 0 Å². The third-order valence-electron chi connectivity index (χ3n) is 3.81. The SMILES string of the molecule is CCCCOc1ccc(NC(=O)[C@@](C)(CC)OCC)cc1C. The molecule has 0 heterocycles. The second-order valence-corrected chi connectivity index (χ2v) is 5.65. The van der Waals surface area contributed by atoms with Gasteiger partial charge in [0.15, 0.2) is 0 Å². The minimum absolute atomic E-state index is 0.115. The second-order valence-electron chi connectivity index (χ2n) is 5.65. The van der Waals surface area contributed by atoms with Crippen LogP contribution < -0.4 is 10.1 Å². The molecule has 4 heteroatoms. The highest BCUT2D eigenvalue weighted by Gasteiger charge is 2.31. The summed E-state index contributed by atoms with van der Waals surface area (Å²) in [5.74, 6) is 0.755. The largest absolute Gasteiger partial charge is 0.493 e. The number of rotatable bonds is 9. The monoisotopic (exact) mass is 307 g/mol. The van der Waals surface area contributed by atoms with E-state index in [-0.39, 0.29) is 5.91 Å². The number of hydrogen-bond acceptors (Lipinski definition) is 3. The van der Waals surface area contributed by atoms with Gasteiger partial charge in [0.2, 0.25) is 0 Å². The van der Waals surface area contributed by atoms with Gasteiger partial charge in [-0.2, -0.15) is 0 Å². The Morgan fingerprint density at radius 3 is 2.55 bits per heavy atom. The van der Waals surface area contributed by atoms with Crippen LogP contribution in [0.5, 0.6) is 5.75 Å². The fourth-order valence-corrected chi connectivity index (χ4v) is 2.13. The Kier molecular flexibility index (Phi) is 7.39. The Hall–Kier alpha value is -1.55. The summed E-state index contributed by atoms with van der Waals surface area (Å²) in [7, 11) is 0. The minimum atomic E-state index is -0.793. The van der Waals surface area contributed by atoms with E-state index in [1.807, 2.05) is 45.9 Å². The van der Waals surface area contributed by atoms with Crippen LogP contribution in [0.2, 0.25) is 0 Å². The fraction of sp³-hybridized carbons (Fsp3) is 0.611. The van der Waals surface area contributed by atoms with E-state index in [9.17, 15) is 4.79 Å². The van der Waals surface area contributed by atoms with Crippen LogP contribution in [0.4, 0.5) is 5.69 Å². The number of hydrogen-bond donors (Lipinski definition) is 1. The van der Waals surface area contributed by atoms with Crippen molar-refractivity contribution < 1.29 is 14.3 Å². The zero-order valence-electron chi connectivity index (χ0n) is 14.5. The number of carbonyl (C=O) groups is 1. The average molecular weight is 307 g/mol. The van der Waals surface area contributed by atoms with Crippen molar-refractivity contribution in [1.82, 2.24) is 0 Å². The van der Waals surface area contributed by atoms with Crippen LogP contribution in [0.1, 0.15) is 52.5 Å². The number of ether oxygens (including phenoxy) is 2. The predicted molar refractivity (Wildman–Crippen MR) is 90.5 cm³/mol. The van der Waals surface area contributed by atoms with Crippen molar-refractivity contribution in [2.75, 3.05) is 18.5 Å². The van der Waals surface area contributed by atoms with Crippen LogP contribution in [0.3, 0.4) is 0 Å². The van der Waals surface area contributed by atoms with Gasteiger partial charge < -0.3 is 14.8 Å². The number of carbonyl (C=O) groups excluding carboxylic acids is 1. The Morgan fingerprint density at radius 1 is 1.27 bits per heavy atom. The lowest BCUT2D eigenvalue weighted by molar-refractivity contribution is -0.139. The lowest BCUT2D eigenvalue weighted by Crippen LogP contribution is -2.42. The lowest BCUT2D eigenvalue weighted by atomic mass is 10.0. The molecule has 0 unspecified atom stereocenters. The number of benzene rings is 1. The quantitative estimate of drug-likeness (QED) is 0.691. The number of unbranched alkanes of at least 4 members (excludes halogenated alkanes) is 1. The van der Waals surface area contributed by atoms with E-state index in [0.717, 1.165) is 36.4 Å². The number of aryl methyl sites for hydroxylation is 1. The van der Waals surface area contributed by atoms with Crippen LogP contribution in [-0.4, -0.2) is 24.7 Å². The van der Waals surface area contributed by atoms with Gasteiger partial charge in [0.25, 0.3) is 5.91 Å². The molecule has 0 spiro atoms. The normalized spacial score (nSPS) is 13.5. The molecule has 0 aromatic heterocycles. The van der Waals surface area contributed by atoms with Gasteiger partial charge in [0.1, 0.15) is 11.4 Å². The molecule has 1 aromatic rings. The van der Waals surface area contributed by atoms with Gasteiger partial charge in [0.05, 0.1) is 6.61 Å². The van der Waals surface area contributed by atoms with Crippen LogP contribution >= 0.6 is 0 Å². The fourth-order valence-electron chi connectivity index (χ4n) is 2.13. The summed E-state index contributed by atoms with van der Waals surface area (Å²) in [5.41, 5.74) is 0.993. The first kappa shape index (κ1) is 18.5. The molecular weight excluding hydrogens is 278 g/mol. The molecule has 0 aliphatic heterocycles. The molecule has 1 rings (SSSR count). The van der Waals surface area contributed by atoms with Gasteiger partial charge in [-0.15, -0.1) is 0 Å². The third-order valence-corrected chi connectivity index (χ3v) is 3.81. The second kappa shape index (κ2) is 8.79. The van der Waals surface area contributed by atoms with Gasteiger partial charge in [0, 0.05) is 12.3 Å². The number of nitrogens with one attached hydrogen (secondary N) is 1. The summed E-state index contributed by atoms with van der Waals surface area (Å²) in [4.78, 5) is 12.4. The molecule has 124 valence electrons. The highest BCUT2D eigenvalue weighted by atomic mass is 16.5. The van der Waals surface area contributed by atoms with E-state index < -0.39 is 5.60 Å². The average Bonchev–Trinajstić information content (AvgIpc) is 2.49. The van der Waals surface area contributed by atoms with Crippen molar-refractivity contribution >= 4 is 11.6 Å². The smallest absolute Gasteiger partial charge is 0.256 e. The maximum absolute atomic E-state index is 12.4. The van der Waals surface area contributed by atoms with Crippen LogP contribution in [0.15, 0.2) is 18.2 Å². The Balaban J connectivity index is 2.74. The summed E-state index contributed by atoms with van der Waals surface area (Å²) in [6.45, 7) is 11.0. The molecule has 0 aliphatic rings. The van der Waals surface area contributed by atoms with E-state index in [0.29, 0.717) is 13.0 Å². The first-order valence-corrected chi connectivity index (χ1v) is 8.15. The molecule has 4 nitrogen and oxygen atoms in total. The molecule has 1 aromatic carbocycles. The Bertz CT molecular complexity index is 487. The van der Waals surface area contributed by atoms with Crippen molar-refractivity contribution in [3.05, 3.63) is 23.8 Å². The van der Waals surface area contributed by atoms with Gasteiger partial charge in [-0.3, -0.25) is 4.79 Å². The van der Waals surface area contributed by atoms with Crippen molar-refractivity contribution in [3.8, 4) is 5.75 Å². The molecule has 0 saturated heterocycles. The Morgan fingerprint density at radius 2 is 2.00 bits per heavy atom. The zero-order chi connectivity index (χ0) is 16.6. The summed E-state index contributed by atoms with van der Waals surface area (Å²) >= 11 is 0. The van der Waals surface area contributed by atoms with Gasteiger partial charge >= 0.3 is 0 Å². The Labute approximate surface area is 134 Å². The summed E-state index contributed by atoms with van der Waals surface area (Å²) in [6.07, 6.45) is 2.78. The van der Waals surface area contributed by atoms with Crippen molar-refractivity contribution in [2.45, 2.75) is 59.5 Å². The van der Waals surface area contributed by atoms with Gasteiger partial charge in [-0.05, 0) is 57.4 Å². The number of amides is 1. The standard InChI is InChI=1S/C18H29NO3/c1-6-9-12-21-16-11-10-15(13-14(16)4)19-17(20)18(5,7-2)22-8-3/h10-11,13H,6-9,12H2,1-5H3,(H,19,20)/t18-/m1/s1. The van der Waals surface area contributed by atoms with Crippen LogP contribution in [0, 0.1) is 6.92 Å². The van der Waals surface area contributed by atoms with Crippen LogP contribution in [0.25, 0.3) is 0 Å². The first-order chi connectivity index (χ1) is 10.5. The molecule has 0 saturated carbocycles. The molecule has 1 atom stereocenters. The van der Waals surface area contributed by atoms with E-state index in [1.54, 1.807) is 0 Å². The van der Waals surface area contributed by atoms with Gasteiger partial charge in [-0.25, -0.2) is 0 Å². The molecule has 0 radical (unpaired) electrons. The van der Waals surface area contributed by atoms with E-state index in [1.165, 1.54) is 0 Å². The van der Waals surface area contributed by atoms with E-state index in [2.05, 4.69) is 12.2 Å². The summed E-state index contributed by atoms with van der Waals surface area (Å²) < 4.78 is 11.3. The van der Waals surface area contributed by atoms with Crippen LogP contribution in [-0.2, 0) is 9.53 Å². The number of anilines is 1. The minimum Gasteiger partial charge on any atom is -0.493 e. The molecule has 0 bridgehead atoms. The van der Waals surface area contributed by atoms with E-state index in [4.69, 9.17) is 9.47 Å².